The van der Waals surface area contributed by atoms with Gasteiger partial charge in [-0.25, -0.2) is 8.78 Å². The molecule has 0 spiro atoms. The highest BCUT2D eigenvalue weighted by Crippen LogP contribution is 2.27. The monoisotopic (exact) mass is 263 g/mol. The lowest BCUT2D eigenvalue weighted by Gasteiger charge is -2.16. The first kappa shape index (κ1) is 13.5. The number of hydrogen-bond donors (Lipinski definition) is 1. The van der Waals surface area contributed by atoms with Crippen molar-refractivity contribution in [2.24, 2.45) is 5.73 Å². The van der Waals surface area contributed by atoms with Crippen molar-refractivity contribution >= 4 is 0 Å². The molecule has 2 nitrogen and oxygen atoms in total. The van der Waals surface area contributed by atoms with Gasteiger partial charge in [-0.05, 0) is 36.2 Å². The number of methoxy groups -OCH3 is 1. The summed E-state index contributed by atoms with van der Waals surface area (Å²) in [6.45, 7) is 1.82. The number of hydrogen-bond acceptors (Lipinski definition) is 2. The lowest BCUT2D eigenvalue weighted by atomic mass is 9.95. The molecular formula is C15H15F2NO. The van der Waals surface area contributed by atoms with Crippen molar-refractivity contribution in [1.29, 1.82) is 0 Å². The van der Waals surface area contributed by atoms with Crippen LogP contribution in [0, 0.1) is 18.6 Å². The van der Waals surface area contributed by atoms with Crippen molar-refractivity contribution in [3.8, 4) is 5.75 Å². The van der Waals surface area contributed by atoms with E-state index in [0.29, 0.717) is 16.9 Å². The van der Waals surface area contributed by atoms with Gasteiger partial charge in [0, 0.05) is 11.6 Å². The standard InChI is InChI=1S/C15H15F2NO/c1-9-3-4-10(16)7-13(9)15(18)12-6-5-11(19-2)8-14(12)17/h3-8,15H,18H2,1-2H3. The molecule has 0 aliphatic heterocycles. The minimum atomic E-state index is -0.707. The van der Waals surface area contributed by atoms with E-state index in [9.17, 15) is 8.78 Å². The number of rotatable bonds is 3. The van der Waals surface area contributed by atoms with Crippen LogP contribution in [-0.4, -0.2) is 7.11 Å². The van der Waals surface area contributed by atoms with Crippen molar-refractivity contribution in [3.63, 3.8) is 0 Å². The van der Waals surface area contributed by atoms with Crippen molar-refractivity contribution in [1.82, 2.24) is 0 Å². The fourth-order valence-corrected chi connectivity index (χ4v) is 2.00. The van der Waals surface area contributed by atoms with E-state index < -0.39 is 11.9 Å². The number of benzene rings is 2. The first-order valence-corrected chi connectivity index (χ1v) is 5.88. The predicted octanol–water partition coefficient (Wildman–Crippen LogP) is 3.33. The summed E-state index contributed by atoms with van der Waals surface area (Å²) in [5.41, 5.74) is 7.74. The Bertz CT molecular complexity index is 599. The second-order valence-electron chi connectivity index (χ2n) is 4.37. The second-order valence-corrected chi connectivity index (χ2v) is 4.37. The fourth-order valence-electron chi connectivity index (χ4n) is 2.00. The first-order valence-electron chi connectivity index (χ1n) is 5.88. The molecule has 0 aromatic heterocycles. The summed E-state index contributed by atoms with van der Waals surface area (Å²) < 4.78 is 32.2. The summed E-state index contributed by atoms with van der Waals surface area (Å²) in [6.07, 6.45) is 0. The molecule has 4 heteroatoms. The van der Waals surface area contributed by atoms with Gasteiger partial charge in [0.2, 0.25) is 0 Å². The molecular weight excluding hydrogens is 248 g/mol. The molecule has 2 aromatic rings. The highest BCUT2D eigenvalue weighted by atomic mass is 19.1. The molecule has 0 aliphatic rings. The van der Waals surface area contributed by atoms with E-state index in [-0.39, 0.29) is 5.82 Å². The molecule has 0 aliphatic carbocycles. The summed E-state index contributed by atoms with van der Waals surface area (Å²) >= 11 is 0. The van der Waals surface area contributed by atoms with E-state index in [4.69, 9.17) is 10.5 Å². The zero-order valence-corrected chi connectivity index (χ0v) is 10.8. The van der Waals surface area contributed by atoms with Gasteiger partial charge in [-0.3, -0.25) is 0 Å². The molecule has 0 saturated carbocycles. The maximum Gasteiger partial charge on any atom is 0.132 e. The van der Waals surface area contributed by atoms with Crippen molar-refractivity contribution in [3.05, 3.63) is 64.7 Å². The zero-order chi connectivity index (χ0) is 14.0. The number of aryl methyl sites for hydroxylation is 1. The lowest BCUT2D eigenvalue weighted by Crippen LogP contribution is -2.15. The van der Waals surface area contributed by atoms with Gasteiger partial charge in [-0.15, -0.1) is 0 Å². The van der Waals surface area contributed by atoms with Crippen LogP contribution < -0.4 is 10.5 Å². The highest BCUT2D eigenvalue weighted by molar-refractivity contribution is 5.39. The van der Waals surface area contributed by atoms with Crippen LogP contribution in [0.1, 0.15) is 22.7 Å². The molecule has 0 bridgehead atoms. The summed E-state index contributed by atoms with van der Waals surface area (Å²) in [5, 5.41) is 0. The summed E-state index contributed by atoms with van der Waals surface area (Å²) in [7, 11) is 1.46. The van der Waals surface area contributed by atoms with Crippen LogP contribution in [0.15, 0.2) is 36.4 Å². The molecule has 0 fully saturated rings. The smallest absolute Gasteiger partial charge is 0.132 e. The van der Waals surface area contributed by atoms with Gasteiger partial charge in [-0.1, -0.05) is 12.1 Å². The molecule has 100 valence electrons. The third kappa shape index (κ3) is 2.74. The molecule has 0 heterocycles. The van der Waals surface area contributed by atoms with Crippen LogP contribution in [0.3, 0.4) is 0 Å². The zero-order valence-electron chi connectivity index (χ0n) is 10.8. The second kappa shape index (κ2) is 5.36. The minimum Gasteiger partial charge on any atom is -0.497 e. The van der Waals surface area contributed by atoms with Gasteiger partial charge in [0.15, 0.2) is 0 Å². The SMILES string of the molecule is COc1ccc(C(N)c2cc(F)ccc2C)c(F)c1. The van der Waals surface area contributed by atoms with Crippen LogP contribution in [-0.2, 0) is 0 Å². The molecule has 2 N–H and O–H groups in total. The van der Waals surface area contributed by atoms with Crippen LogP contribution in [0.2, 0.25) is 0 Å². The molecule has 0 radical (unpaired) electrons. The van der Waals surface area contributed by atoms with Gasteiger partial charge in [-0.2, -0.15) is 0 Å². The molecule has 2 aromatic carbocycles. The summed E-state index contributed by atoms with van der Waals surface area (Å²) in [4.78, 5) is 0. The maximum absolute atomic E-state index is 14.0. The molecule has 1 unspecified atom stereocenters. The third-order valence-corrected chi connectivity index (χ3v) is 3.12. The van der Waals surface area contributed by atoms with Gasteiger partial charge < -0.3 is 10.5 Å². The molecule has 19 heavy (non-hydrogen) atoms. The van der Waals surface area contributed by atoms with Crippen molar-refractivity contribution < 1.29 is 13.5 Å². The Labute approximate surface area is 110 Å². The van der Waals surface area contributed by atoms with Crippen LogP contribution in [0.25, 0.3) is 0 Å². The van der Waals surface area contributed by atoms with E-state index in [2.05, 4.69) is 0 Å². The fraction of sp³-hybridized carbons (Fsp3) is 0.200. The van der Waals surface area contributed by atoms with Crippen LogP contribution in [0.4, 0.5) is 8.78 Å². The van der Waals surface area contributed by atoms with Crippen molar-refractivity contribution in [2.75, 3.05) is 7.11 Å². The highest BCUT2D eigenvalue weighted by Gasteiger charge is 2.16. The number of nitrogens with two attached hydrogens (primary N) is 1. The van der Waals surface area contributed by atoms with E-state index in [1.165, 1.54) is 25.3 Å². The third-order valence-electron chi connectivity index (χ3n) is 3.12. The molecule has 2 rings (SSSR count). The largest absolute Gasteiger partial charge is 0.497 e. The molecule has 0 saturated heterocycles. The van der Waals surface area contributed by atoms with Gasteiger partial charge in [0.05, 0.1) is 13.2 Å². The number of ether oxygens (including phenoxy) is 1. The normalized spacial score (nSPS) is 12.3. The number of halogens is 2. The average molecular weight is 263 g/mol. The summed E-state index contributed by atoms with van der Waals surface area (Å²) in [6, 6.07) is 8.08. The Hall–Kier alpha value is -1.94. The van der Waals surface area contributed by atoms with E-state index in [1.54, 1.807) is 18.2 Å². The lowest BCUT2D eigenvalue weighted by molar-refractivity contribution is 0.410. The van der Waals surface area contributed by atoms with Gasteiger partial charge in [0.1, 0.15) is 17.4 Å². The van der Waals surface area contributed by atoms with E-state index in [0.717, 1.165) is 5.56 Å². The maximum atomic E-state index is 14.0. The molecule has 0 amide bonds. The summed E-state index contributed by atoms with van der Waals surface area (Å²) in [5.74, 6) is -0.426. The Balaban J connectivity index is 2.43. The Morgan fingerprint density at radius 3 is 2.42 bits per heavy atom. The van der Waals surface area contributed by atoms with Crippen LogP contribution in [0.5, 0.6) is 5.75 Å². The Kier molecular flexibility index (Phi) is 3.81. The van der Waals surface area contributed by atoms with Crippen LogP contribution >= 0.6 is 0 Å². The predicted molar refractivity (Wildman–Crippen MR) is 70.1 cm³/mol. The Morgan fingerprint density at radius 1 is 1.05 bits per heavy atom. The van der Waals surface area contributed by atoms with Crippen molar-refractivity contribution in [2.45, 2.75) is 13.0 Å². The minimum absolute atomic E-state index is 0.314. The van der Waals surface area contributed by atoms with E-state index in [1.807, 2.05) is 6.92 Å². The van der Waals surface area contributed by atoms with Gasteiger partial charge >= 0.3 is 0 Å². The first-order chi connectivity index (χ1) is 9.02. The topological polar surface area (TPSA) is 35.2 Å². The van der Waals surface area contributed by atoms with E-state index >= 15 is 0 Å². The van der Waals surface area contributed by atoms with Gasteiger partial charge in [0.25, 0.3) is 0 Å². The molecule has 1 atom stereocenters. The Morgan fingerprint density at radius 2 is 1.79 bits per heavy atom. The average Bonchev–Trinajstić information content (AvgIpc) is 2.40. The quantitative estimate of drug-likeness (QED) is 0.921.